The number of nitrogens with one attached hydrogen (secondary N) is 3. The average molecular weight is 460 g/mol. The van der Waals surface area contributed by atoms with Gasteiger partial charge in [-0.3, -0.25) is 15.0 Å². The Labute approximate surface area is 184 Å². The van der Waals surface area contributed by atoms with Gasteiger partial charge in [0.05, 0.1) is 17.7 Å². The van der Waals surface area contributed by atoms with Crippen LogP contribution in [0.4, 0.5) is 5.69 Å². The summed E-state index contributed by atoms with van der Waals surface area (Å²) in [6.07, 6.45) is 0. The van der Waals surface area contributed by atoms with E-state index < -0.39 is 15.9 Å². The molecule has 0 saturated heterocycles. The van der Waals surface area contributed by atoms with Gasteiger partial charge >= 0.3 is 0 Å². The Kier molecular flexibility index (Phi) is 6.74. The number of aryl methyl sites for hydroxylation is 1. The summed E-state index contributed by atoms with van der Waals surface area (Å²) in [5, 5.41) is 4.28. The first kappa shape index (κ1) is 22.5. The standard InChI is InChI=1S/C21H21N3O5S2/c1-13-4-6-15(7-5-13)17-10-11-30-20(17)21(26)23-24-31(27,28)16-8-9-19(29-3)18(12-16)22-14(2)25/h4-12,24H,1-3H3,(H,22,25)(H,23,26). The van der Waals surface area contributed by atoms with Gasteiger partial charge in [0, 0.05) is 12.5 Å². The maximum atomic E-state index is 12.7. The fraction of sp³-hybridized carbons (Fsp3) is 0.143. The van der Waals surface area contributed by atoms with Crippen molar-refractivity contribution < 1.29 is 22.7 Å². The first-order chi connectivity index (χ1) is 14.7. The highest BCUT2D eigenvalue weighted by molar-refractivity contribution is 7.89. The van der Waals surface area contributed by atoms with E-state index in [0.29, 0.717) is 16.2 Å². The largest absolute Gasteiger partial charge is 0.495 e. The van der Waals surface area contributed by atoms with E-state index in [1.807, 2.05) is 37.3 Å². The molecule has 8 nitrogen and oxygen atoms in total. The van der Waals surface area contributed by atoms with Crippen LogP contribution in [0.2, 0.25) is 0 Å². The van der Waals surface area contributed by atoms with Crippen molar-refractivity contribution in [3.8, 4) is 16.9 Å². The Morgan fingerprint density at radius 1 is 1.03 bits per heavy atom. The van der Waals surface area contributed by atoms with Crippen LogP contribution >= 0.6 is 11.3 Å². The van der Waals surface area contributed by atoms with Gasteiger partial charge in [0.15, 0.2) is 0 Å². The van der Waals surface area contributed by atoms with Crippen LogP contribution in [0.1, 0.15) is 22.2 Å². The molecule has 0 aliphatic carbocycles. The summed E-state index contributed by atoms with van der Waals surface area (Å²) in [7, 11) is -2.69. The van der Waals surface area contributed by atoms with Crippen LogP contribution < -0.4 is 20.3 Å². The first-order valence-electron chi connectivity index (χ1n) is 9.13. The van der Waals surface area contributed by atoms with Crippen LogP contribution in [0.25, 0.3) is 11.1 Å². The topological polar surface area (TPSA) is 114 Å². The van der Waals surface area contributed by atoms with E-state index >= 15 is 0 Å². The molecule has 3 rings (SSSR count). The minimum absolute atomic E-state index is 0.151. The lowest BCUT2D eigenvalue weighted by atomic mass is 10.1. The normalized spacial score (nSPS) is 11.1. The van der Waals surface area contributed by atoms with Crippen LogP contribution in [-0.2, 0) is 14.8 Å². The Bertz CT molecular complexity index is 1220. The summed E-state index contributed by atoms with van der Waals surface area (Å²) < 4.78 is 30.4. The molecule has 31 heavy (non-hydrogen) atoms. The molecule has 0 aliphatic heterocycles. The van der Waals surface area contributed by atoms with Crippen LogP contribution in [0.5, 0.6) is 5.75 Å². The number of methoxy groups -OCH3 is 1. The van der Waals surface area contributed by atoms with E-state index in [1.54, 1.807) is 5.38 Å². The molecule has 3 aromatic rings. The van der Waals surface area contributed by atoms with Crippen LogP contribution in [0, 0.1) is 6.92 Å². The number of sulfonamides is 1. The fourth-order valence-electron chi connectivity index (χ4n) is 2.82. The Morgan fingerprint density at radius 2 is 1.74 bits per heavy atom. The van der Waals surface area contributed by atoms with Crippen molar-refractivity contribution in [3.05, 3.63) is 64.4 Å². The minimum Gasteiger partial charge on any atom is -0.495 e. The van der Waals surface area contributed by atoms with Crippen LogP contribution in [0.3, 0.4) is 0 Å². The van der Waals surface area contributed by atoms with Gasteiger partial charge in [0.25, 0.3) is 15.9 Å². The summed E-state index contributed by atoms with van der Waals surface area (Å²) >= 11 is 1.21. The number of anilines is 1. The number of hydrogen-bond acceptors (Lipinski definition) is 6. The highest BCUT2D eigenvalue weighted by atomic mass is 32.2. The monoisotopic (exact) mass is 459 g/mol. The Hall–Kier alpha value is -3.21. The van der Waals surface area contributed by atoms with Crippen LogP contribution in [0.15, 0.2) is 58.8 Å². The molecule has 0 aliphatic rings. The van der Waals surface area contributed by atoms with Crippen molar-refractivity contribution in [3.63, 3.8) is 0 Å². The average Bonchev–Trinajstić information content (AvgIpc) is 3.22. The lowest BCUT2D eigenvalue weighted by molar-refractivity contribution is -0.114. The molecule has 2 aromatic carbocycles. The van der Waals surface area contributed by atoms with Gasteiger partial charge in [0.1, 0.15) is 10.6 Å². The molecule has 0 saturated carbocycles. The van der Waals surface area contributed by atoms with Crippen molar-refractivity contribution in [1.82, 2.24) is 10.3 Å². The predicted octanol–water partition coefficient (Wildman–Crippen LogP) is 3.31. The summed E-state index contributed by atoms with van der Waals surface area (Å²) in [6, 6.07) is 13.5. The lowest BCUT2D eigenvalue weighted by Crippen LogP contribution is -2.41. The number of carbonyl (C=O) groups excluding carboxylic acids is 2. The summed E-state index contributed by atoms with van der Waals surface area (Å²) in [5.41, 5.74) is 5.10. The second-order valence-electron chi connectivity index (χ2n) is 6.63. The van der Waals surface area contributed by atoms with Gasteiger partial charge in [-0.1, -0.05) is 29.8 Å². The molecule has 1 heterocycles. The molecular formula is C21H21N3O5S2. The fourth-order valence-corrected chi connectivity index (χ4v) is 4.49. The number of hydrazine groups is 1. The number of ether oxygens (including phenoxy) is 1. The number of hydrogen-bond donors (Lipinski definition) is 3. The maximum Gasteiger partial charge on any atom is 0.276 e. The molecular weight excluding hydrogens is 438 g/mol. The zero-order valence-corrected chi connectivity index (χ0v) is 18.7. The summed E-state index contributed by atoms with van der Waals surface area (Å²) in [4.78, 5) is 26.3. The number of thiophene rings is 1. The second kappa shape index (κ2) is 9.29. The molecule has 0 spiro atoms. The molecule has 0 radical (unpaired) electrons. The third kappa shape index (κ3) is 5.29. The highest BCUT2D eigenvalue weighted by Gasteiger charge is 2.20. The smallest absolute Gasteiger partial charge is 0.276 e. The van der Waals surface area contributed by atoms with Crippen molar-refractivity contribution in [2.75, 3.05) is 12.4 Å². The zero-order chi connectivity index (χ0) is 22.6. The molecule has 0 atom stereocenters. The molecule has 1 aromatic heterocycles. The SMILES string of the molecule is COc1ccc(S(=O)(=O)NNC(=O)c2sccc2-c2ccc(C)cc2)cc1NC(C)=O. The van der Waals surface area contributed by atoms with Gasteiger partial charge in [-0.05, 0) is 42.1 Å². The highest BCUT2D eigenvalue weighted by Crippen LogP contribution is 2.29. The van der Waals surface area contributed by atoms with E-state index in [0.717, 1.165) is 11.1 Å². The van der Waals surface area contributed by atoms with Gasteiger partial charge in [-0.25, -0.2) is 8.42 Å². The molecule has 0 unspecified atom stereocenters. The molecule has 10 heteroatoms. The van der Waals surface area contributed by atoms with Crippen molar-refractivity contribution in [1.29, 1.82) is 0 Å². The van der Waals surface area contributed by atoms with Crippen molar-refractivity contribution >= 4 is 38.9 Å². The van der Waals surface area contributed by atoms with Gasteiger partial charge in [-0.15, -0.1) is 16.2 Å². The second-order valence-corrected chi connectivity index (χ2v) is 9.23. The quantitative estimate of drug-likeness (QED) is 0.469. The molecule has 162 valence electrons. The predicted molar refractivity (Wildman–Crippen MR) is 120 cm³/mol. The van der Waals surface area contributed by atoms with Gasteiger partial charge < -0.3 is 10.1 Å². The Balaban J connectivity index is 1.78. The van der Waals surface area contributed by atoms with E-state index in [4.69, 9.17) is 4.74 Å². The van der Waals surface area contributed by atoms with Gasteiger partial charge in [-0.2, -0.15) is 0 Å². The third-order valence-corrected chi connectivity index (χ3v) is 6.48. The number of benzene rings is 2. The summed E-state index contributed by atoms with van der Waals surface area (Å²) in [6.45, 7) is 3.27. The van der Waals surface area contributed by atoms with Crippen LogP contribution in [-0.4, -0.2) is 27.3 Å². The van der Waals surface area contributed by atoms with E-state index in [2.05, 4.69) is 15.6 Å². The van der Waals surface area contributed by atoms with Crippen molar-refractivity contribution in [2.24, 2.45) is 0 Å². The molecule has 0 fully saturated rings. The molecule has 0 bridgehead atoms. The maximum absolute atomic E-state index is 12.7. The van der Waals surface area contributed by atoms with E-state index in [9.17, 15) is 18.0 Å². The third-order valence-electron chi connectivity index (χ3n) is 4.32. The number of amides is 2. The van der Waals surface area contributed by atoms with Gasteiger partial charge in [0.2, 0.25) is 5.91 Å². The molecule has 3 N–H and O–H groups in total. The van der Waals surface area contributed by atoms with E-state index in [-0.39, 0.29) is 16.5 Å². The first-order valence-corrected chi connectivity index (χ1v) is 11.5. The lowest BCUT2D eigenvalue weighted by Gasteiger charge is -2.13. The Morgan fingerprint density at radius 3 is 2.39 bits per heavy atom. The van der Waals surface area contributed by atoms with E-state index in [1.165, 1.54) is 43.6 Å². The number of rotatable bonds is 7. The molecule has 2 amide bonds. The van der Waals surface area contributed by atoms with Crippen molar-refractivity contribution in [2.45, 2.75) is 18.7 Å². The number of carbonyl (C=O) groups is 2. The summed E-state index contributed by atoms with van der Waals surface area (Å²) in [5.74, 6) is -0.653. The minimum atomic E-state index is -4.10. The zero-order valence-electron chi connectivity index (χ0n) is 17.1.